The first-order valence-electron chi connectivity index (χ1n) is 6.06. The Bertz CT molecular complexity index is 853. The first kappa shape index (κ1) is 12.3. The fourth-order valence-corrected chi connectivity index (χ4v) is 2.15. The lowest BCUT2D eigenvalue weighted by molar-refractivity contribution is -0.114. The minimum Gasteiger partial charge on any atom is -0.506 e. The van der Waals surface area contributed by atoms with Gasteiger partial charge in [0.2, 0.25) is 11.9 Å². The Morgan fingerprint density at radius 2 is 2.05 bits per heavy atom. The third-order valence-electron chi connectivity index (χ3n) is 3.06. The Kier molecular flexibility index (Phi) is 2.56. The monoisotopic (exact) mass is 271 g/mol. The van der Waals surface area contributed by atoms with Gasteiger partial charge in [0.25, 0.3) is 0 Å². The molecule has 7 nitrogen and oxygen atoms in total. The number of carbonyl (C=O) groups is 1. The highest BCUT2D eigenvalue weighted by Crippen LogP contribution is 2.31. The third-order valence-corrected chi connectivity index (χ3v) is 3.06. The van der Waals surface area contributed by atoms with Gasteiger partial charge in [-0.05, 0) is 6.92 Å². The van der Waals surface area contributed by atoms with Crippen LogP contribution in [-0.2, 0) is 11.8 Å². The molecule has 3 aromatic rings. The summed E-state index contributed by atoms with van der Waals surface area (Å²) < 4.78 is 1.69. The van der Waals surface area contributed by atoms with Gasteiger partial charge in [-0.2, -0.15) is 0 Å². The Morgan fingerprint density at radius 1 is 1.30 bits per heavy atom. The molecule has 3 rings (SSSR count). The van der Waals surface area contributed by atoms with Crippen molar-refractivity contribution in [3.8, 4) is 5.75 Å². The highest BCUT2D eigenvalue weighted by atomic mass is 16.3. The Morgan fingerprint density at radius 3 is 2.75 bits per heavy atom. The molecule has 2 N–H and O–H groups in total. The molecule has 0 atom stereocenters. The lowest BCUT2D eigenvalue weighted by atomic mass is 10.2. The van der Waals surface area contributed by atoms with Crippen molar-refractivity contribution in [1.82, 2.24) is 19.5 Å². The molecule has 0 saturated heterocycles. The summed E-state index contributed by atoms with van der Waals surface area (Å²) >= 11 is 0. The molecule has 0 aliphatic heterocycles. The van der Waals surface area contributed by atoms with E-state index in [1.54, 1.807) is 23.9 Å². The van der Waals surface area contributed by atoms with Gasteiger partial charge in [0, 0.05) is 26.2 Å². The van der Waals surface area contributed by atoms with Crippen LogP contribution in [0.4, 0.5) is 5.95 Å². The van der Waals surface area contributed by atoms with E-state index in [-0.39, 0.29) is 11.7 Å². The second-order valence-corrected chi connectivity index (χ2v) is 4.65. The minimum absolute atomic E-state index is 0.0392. The molecule has 0 aliphatic rings. The minimum atomic E-state index is -0.209. The van der Waals surface area contributed by atoms with E-state index >= 15 is 0 Å². The number of imidazole rings is 1. The number of hydrogen-bond acceptors (Lipinski definition) is 5. The van der Waals surface area contributed by atoms with Gasteiger partial charge < -0.3 is 9.67 Å². The zero-order valence-electron chi connectivity index (χ0n) is 11.3. The maximum Gasteiger partial charge on any atom is 0.223 e. The van der Waals surface area contributed by atoms with E-state index in [0.717, 1.165) is 5.69 Å². The predicted octanol–water partition coefficient (Wildman–Crippen LogP) is 1.49. The third kappa shape index (κ3) is 1.75. The highest BCUT2D eigenvalue weighted by molar-refractivity contribution is 6.04. The van der Waals surface area contributed by atoms with Gasteiger partial charge in [-0.25, -0.2) is 15.0 Å². The van der Waals surface area contributed by atoms with Crippen LogP contribution in [0.15, 0.2) is 12.3 Å². The predicted molar refractivity (Wildman–Crippen MR) is 74.5 cm³/mol. The normalized spacial score (nSPS) is 11.2. The summed E-state index contributed by atoms with van der Waals surface area (Å²) in [5.41, 5.74) is 2.93. The molecule has 2 aromatic heterocycles. The van der Waals surface area contributed by atoms with Crippen LogP contribution in [0.2, 0.25) is 0 Å². The van der Waals surface area contributed by atoms with Gasteiger partial charge in [-0.3, -0.25) is 10.1 Å². The van der Waals surface area contributed by atoms with E-state index in [9.17, 15) is 9.90 Å². The van der Waals surface area contributed by atoms with Crippen molar-refractivity contribution in [3.63, 3.8) is 0 Å². The van der Waals surface area contributed by atoms with Gasteiger partial charge in [-0.1, -0.05) is 0 Å². The van der Waals surface area contributed by atoms with Crippen molar-refractivity contribution >= 4 is 33.9 Å². The lowest BCUT2D eigenvalue weighted by Gasteiger charge is -2.03. The number of aromatic hydroxyl groups is 1. The maximum atomic E-state index is 11.2. The number of aryl methyl sites for hydroxylation is 2. The number of phenolic OH excluding ortho intramolecular Hbond substituents is 1. The molecule has 102 valence electrons. The number of hydrogen-bond donors (Lipinski definition) is 2. The highest BCUT2D eigenvalue weighted by Gasteiger charge is 2.16. The molecule has 0 radical (unpaired) electrons. The largest absolute Gasteiger partial charge is 0.506 e. The van der Waals surface area contributed by atoms with Crippen LogP contribution in [-0.4, -0.2) is 30.5 Å². The number of phenols is 1. The summed E-state index contributed by atoms with van der Waals surface area (Å²) in [6.45, 7) is 3.23. The van der Waals surface area contributed by atoms with Crippen molar-refractivity contribution < 1.29 is 9.90 Å². The fraction of sp³-hybridized carbons (Fsp3) is 0.231. The van der Waals surface area contributed by atoms with Crippen LogP contribution in [0.3, 0.4) is 0 Å². The second kappa shape index (κ2) is 4.16. The Labute approximate surface area is 114 Å². The van der Waals surface area contributed by atoms with Gasteiger partial charge in [0.05, 0.1) is 11.2 Å². The van der Waals surface area contributed by atoms with Crippen LogP contribution >= 0.6 is 0 Å². The van der Waals surface area contributed by atoms with E-state index in [2.05, 4.69) is 20.3 Å². The topological polar surface area (TPSA) is 92.9 Å². The molecule has 0 unspecified atom stereocenters. The van der Waals surface area contributed by atoms with Gasteiger partial charge in [0.15, 0.2) is 0 Å². The Balaban J connectivity index is 2.41. The molecule has 0 spiro atoms. The number of anilines is 1. The number of rotatable bonds is 1. The first-order chi connectivity index (χ1) is 9.47. The number of benzene rings is 1. The number of carbonyl (C=O) groups excluding carboxylic acids is 1. The molecular formula is C13H13N5O2. The summed E-state index contributed by atoms with van der Waals surface area (Å²) in [5, 5.41) is 12.7. The van der Waals surface area contributed by atoms with E-state index in [0.29, 0.717) is 28.0 Å². The number of fused-ring (bicyclic) bond motifs is 3. The fourth-order valence-electron chi connectivity index (χ4n) is 2.15. The molecule has 0 saturated carbocycles. The summed E-state index contributed by atoms with van der Waals surface area (Å²) in [6.07, 6.45) is 1.59. The zero-order valence-corrected chi connectivity index (χ0v) is 11.3. The van der Waals surface area contributed by atoms with Gasteiger partial charge in [0.1, 0.15) is 22.3 Å². The van der Waals surface area contributed by atoms with E-state index < -0.39 is 0 Å². The Hall–Kier alpha value is -2.70. The van der Waals surface area contributed by atoms with Gasteiger partial charge in [-0.15, -0.1) is 0 Å². The smallest absolute Gasteiger partial charge is 0.223 e. The second-order valence-electron chi connectivity index (χ2n) is 4.65. The summed E-state index contributed by atoms with van der Waals surface area (Å²) in [6, 6.07) is 1.57. The molecule has 0 fully saturated rings. The maximum absolute atomic E-state index is 11.2. The van der Waals surface area contributed by atoms with Crippen molar-refractivity contribution in [2.45, 2.75) is 13.8 Å². The lowest BCUT2D eigenvalue weighted by Crippen LogP contribution is -2.10. The number of nitrogens with zero attached hydrogens (tertiary/aromatic N) is 4. The van der Waals surface area contributed by atoms with Crippen molar-refractivity contribution in [3.05, 3.63) is 18.0 Å². The molecule has 20 heavy (non-hydrogen) atoms. The first-order valence-corrected chi connectivity index (χ1v) is 6.06. The van der Waals surface area contributed by atoms with E-state index in [1.165, 1.54) is 6.92 Å². The van der Waals surface area contributed by atoms with Crippen LogP contribution in [0.1, 0.15) is 12.6 Å². The molecule has 1 amide bonds. The quantitative estimate of drug-likeness (QED) is 0.699. The van der Waals surface area contributed by atoms with Crippen LogP contribution in [0, 0.1) is 6.92 Å². The molecule has 7 heteroatoms. The van der Waals surface area contributed by atoms with Crippen LogP contribution < -0.4 is 5.32 Å². The molecule has 0 aliphatic carbocycles. The zero-order chi connectivity index (χ0) is 14.4. The summed E-state index contributed by atoms with van der Waals surface area (Å²) in [4.78, 5) is 24.1. The SMILES string of the molecule is CC(=O)Nc1nc2c3nc(C)cnc3c(O)cc2n1C. The number of amides is 1. The van der Waals surface area contributed by atoms with Crippen LogP contribution in [0.25, 0.3) is 22.1 Å². The summed E-state index contributed by atoms with van der Waals surface area (Å²) in [5.74, 6) is 0.235. The molecule has 0 bridgehead atoms. The van der Waals surface area contributed by atoms with E-state index in [4.69, 9.17) is 0 Å². The average molecular weight is 271 g/mol. The molecular weight excluding hydrogens is 258 g/mol. The molecule has 2 heterocycles. The van der Waals surface area contributed by atoms with E-state index in [1.807, 2.05) is 6.92 Å². The number of aromatic nitrogens is 4. The number of nitrogens with one attached hydrogen (secondary N) is 1. The standard InChI is InChI=1S/C13H13N5O2/c1-6-5-14-11-9(20)4-8-10(12(11)15-6)17-13(18(8)3)16-7(2)19/h4-5,20H,1-3H3,(H,16,17,19). The molecule has 1 aromatic carbocycles. The summed E-state index contributed by atoms with van der Waals surface area (Å²) in [7, 11) is 1.76. The average Bonchev–Trinajstić information content (AvgIpc) is 2.67. The van der Waals surface area contributed by atoms with Crippen molar-refractivity contribution in [2.75, 3.05) is 5.32 Å². The van der Waals surface area contributed by atoms with Gasteiger partial charge >= 0.3 is 0 Å². The van der Waals surface area contributed by atoms with Crippen molar-refractivity contribution in [1.29, 1.82) is 0 Å². The van der Waals surface area contributed by atoms with Crippen molar-refractivity contribution in [2.24, 2.45) is 7.05 Å². The van der Waals surface area contributed by atoms with Crippen LogP contribution in [0.5, 0.6) is 5.75 Å².